The van der Waals surface area contributed by atoms with Crippen molar-refractivity contribution in [3.63, 3.8) is 0 Å². The highest BCUT2D eigenvalue weighted by molar-refractivity contribution is 7.89. The number of nitrogens with zero attached hydrogens (tertiary/aromatic N) is 4. The Labute approximate surface area is 232 Å². The number of carboxylic acids is 1. The number of benzene rings is 2. The number of rotatable bonds is 6. The van der Waals surface area contributed by atoms with Crippen LogP contribution in [0.25, 0.3) is 0 Å². The molecule has 1 aliphatic heterocycles. The number of aliphatic imine (C=N–C) groups is 1. The number of aliphatic carboxylic acids is 1. The lowest BCUT2D eigenvalue weighted by molar-refractivity contribution is -0.250. The fourth-order valence-electron chi connectivity index (χ4n) is 3.07. The van der Waals surface area contributed by atoms with Gasteiger partial charge in [0.1, 0.15) is 23.5 Å². The monoisotopic (exact) mass is 620 g/mol. The number of hydrogen-bond donors (Lipinski definition) is 3. The second-order valence-electron chi connectivity index (χ2n) is 7.77. The Morgan fingerprint density at radius 1 is 1.00 bits per heavy atom. The third kappa shape index (κ3) is 7.63. The second kappa shape index (κ2) is 12.3. The molecule has 0 bridgehead atoms. The average Bonchev–Trinajstić information content (AvgIpc) is 2.92. The van der Waals surface area contributed by atoms with E-state index in [2.05, 4.69) is 20.7 Å². The van der Waals surface area contributed by atoms with Gasteiger partial charge in [-0.3, -0.25) is 15.2 Å². The molecule has 0 saturated heterocycles. The predicted molar refractivity (Wildman–Crippen MR) is 133 cm³/mol. The first-order valence-corrected chi connectivity index (χ1v) is 12.6. The van der Waals surface area contributed by atoms with Gasteiger partial charge >= 0.3 is 18.4 Å². The smallest absolute Gasteiger partial charge is 0.475 e. The van der Waals surface area contributed by atoms with Gasteiger partial charge in [-0.15, -0.1) is 0 Å². The van der Waals surface area contributed by atoms with Crippen molar-refractivity contribution in [2.24, 2.45) is 4.99 Å². The molecule has 4 rings (SSSR count). The van der Waals surface area contributed by atoms with Crippen molar-refractivity contribution in [2.45, 2.75) is 17.4 Å². The van der Waals surface area contributed by atoms with Crippen molar-refractivity contribution in [1.82, 2.24) is 19.8 Å². The lowest BCUT2D eigenvalue weighted by Crippen LogP contribution is -2.56. The summed E-state index contributed by atoms with van der Waals surface area (Å²) in [5.74, 6) is -2.75. The summed E-state index contributed by atoms with van der Waals surface area (Å²) in [7, 11) is -3.59. The number of ether oxygens (including phenoxy) is 1. The van der Waals surface area contributed by atoms with E-state index in [0.29, 0.717) is 6.34 Å². The highest BCUT2D eigenvalue weighted by Crippen LogP contribution is 2.37. The minimum absolute atomic E-state index is 0.0445. The number of sulfonamides is 1. The highest BCUT2D eigenvalue weighted by Gasteiger charge is 2.51. The summed E-state index contributed by atoms with van der Waals surface area (Å²) in [6.07, 6.45) is -8.33. The van der Waals surface area contributed by atoms with E-state index in [9.17, 15) is 39.6 Å². The van der Waals surface area contributed by atoms with Crippen molar-refractivity contribution in [1.29, 1.82) is 0 Å². The molecule has 2 aromatic carbocycles. The summed E-state index contributed by atoms with van der Waals surface area (Å²) in [6.45, 7) is 0. The largest absolute Gasteiger partial charge is 0.493 e. The van der Waals surface area contributed by atoms with E-state index in [0.717, 1.165) is 12.1 Å². The summed E-state index contributed by atoms with van der Waals surface area (Å²) < 4.78 is 104. The van der Waals surface area contributed by atoms with Crippen molar-refractivity contribution in [3.05, 3.63) is 72.6 Å². The number of fused-ring (bicyclic) bond motifs is 1. The number of alkyl halides is 6. The number of halogens is 6. The summed E-state index contributed by atoms with van der Waals surface area (Å²) in [4.78, 5) is 28.0. The van der Waals surface area contributed by atoms with Gasteiger partial charge in [0.25, 0.3) is 15.9 Å². The number of amides is 1. The maximum Gasteiger partial charge on any atom is 0.493 e. The summed E-state index contributed by atoms with van der Waals surface area (Å²) in [5.41, 5.74) is 2.79. The van der Waals surface area contributed by atoms with Crippen molar-refractivity contribution in [3.8, 4) is 11.5 Å². The molecule has 0 fully saturated rings. The number of carbonyl (C=O) groups is 2. The van der Waals surface area contributed by atoms with Gasteiger partial charge in [0, 0.05) is 29.8 Å². The van der Waals surface area contributed by atoms with Crippen molar-refractivity contribution < 1.29 is 54.2 Å². The molecule has 12 nitrogen and oxygen atoms in total. The topological polar surface area (TPSA) is 154 Å². The number of anilines is 1. The Bertz CT molecular complexity index is 1580. The quantitative estimate of drug-likeness (QED) is 0.271. The Kier molecular flexibility index (Phi) is 9.26. The van der Waals surface area contributed by atoms with E-state index in [1.54, 1.807) is 0 Å². The molecule has 3 aromatic rings. The predicted octanol–water partition coefficient (Wildman–Crippen LogP) is 4.29. The summed E-state index contributed by atoms with van der Waals surface area (Å²) in [5, 5.41) is 9.78. The maximum atomic E-state index is 13.9. The van der Waals surface area contributed by atoms with Crippen LogP contribution in [-0.4, -0.2) is 65.8 Å². The van der Waals surface area contributed by atoms with Gasteiger partial charge < -0.3 is 15.2 Å². The molecule has 0 saturated carbocycles. The van der Waals surface area contributed by atoms with Crippen LogP contribution in [0.1, 0.15) is 10.5 Å². The van der Waals surface area contributed by atoms with Crippen LogP contribution in [-0.2, 0) is 14.8 Å². The number of hydrogen-bond acceptors (Lipinski definition) is 9. The number of hydrazine groups is 2. The highest BCUT2D eigenvalue weighted by atomic mass is 32.2. The Balaban J connectivity index is 0.000000616. The zero-order valence-electron chi connectivity index (χ0n) is 20.9. The molecule has 224 valence electrons. The first-order valence-electron chi connectivity index (χ1n) is 11.1. The molecule has 1 aromatic heterocycles. The summed E-state index contributed by atoms with van der Waals surface area (Å²) in [6, 6.07) is 13.4. The van der Waals surface area contributed by atoms with E-state index in [4.69, 9.17) is 14.6 Å². The average molecular weight is 620 g/mol. The number of aromatic nitrogens is 1. The van der Waals surface area contributed by atoms with Gasteiger partial charge in [0.2, 0.25) is 0 Å². The Morgan fingerprint density at radius 3 is 2.19 bits per heavy atom. The molecule has 1 amide bonds. The van der Waals surface area contributed by atoms with Gasteiger partial charge in [0.15, 0.2) is 0 Å². The van der Waals surface area contributed by atoms with Gasteiger partial charge in [-0.2, -0.15) is 31.5 Å². The maximum absolute atomic E-state index is 13.9. The van der Waals surface area contributed by atoms with E-state index < -0.39 is 43.7 Å². The first-order chi connectivity index (χ1) is 19.5. The number of carboxylic acid groups (broad SMARTS) is 1. The lowest BCUT2D eigenvalue weighted by Gasteiger charge is -2.35. The fraction of sp³-hybridized carbons (Fsp3) is 0.130. The van der Waals surface area contributed by atoms with Crippen LogP contribution in [0.4, 0.5) is 37.7 Å². The standard InChI is InChI=1S/C21H17F3N6O4S.C2HF3O2/c1-25-20(31)19-12-15(9-10-26-19)34-14-7-8-17-18(11-14)28-29(13-27-17)30(21(22,23)24)35(32,33)16-5-3-2-4-6-16;3-2(4,5)1(6)7/h2-13,28H,1H3,(H,25,31);(H,6,7). The van der Waals surface area contributed by atoms with Gasteiger partial charge in [-0.1, -0.05) is 18.2 Å². The molecular weight excluding hydrogens is 602 g/mol. The minimum Gasteiger partial charge on any atom is -0.475 e. The SMILES string of the molecule is CNC(=O)c1cc(Oc2ccc3c(c2)NN(N(C(F)(F)F)S(=O)(=O)c2ccccc2)C=N3)ccn1.O=C(O)C(F)(F)F. The zero-order valence-corrected chi connectivity index (χ0v) is 21.7. The third-order valence-electron chi connectivity index (χ3n) is 4.86. The van der Waals surface area contributed by atoms with E-state index in [1.807, 2.05) is 0 Å². The van der Waals surface area contributed by atoms with Gasteiger partial charge in [0.05, 0.1) is 16.3 Å². The normalized spacial score (nSPS) is 12.9. The van der Waals surface area contributed by atoms with Gasteiger partial charge in [-0.05, 0) is 30.3 Å². The number of carbonyl (C=O) groups excluding carboxylic acids is 1. The lowest BCUT2D eigenvalue weighted by atomic mass is 10.2. The molecule has 19 heteroatoms. The molecule has 0 unspecified atom stereocenters. The van der Waals surface area contributed by atoms with Crippen LogP contribution in [0.15, 0.2) is 76.7 Å². The fourth-order valence-corrected chi connectivity index (χ4v) is 4.36. The molecule has 0 aliphatic carbocycles. The van der Waals surface area contributed by atoms with Crippen LogP contribution >= 0.6 is 0 Å². The van der Waals surface area contributed by atoms with E-state index >= 15 is 0 Å². The Hall–Kier alpha value is -4.91. The van der Waals surface area contributed by atoms with Crippen LogP contribution < -0.4 is 15.5 Å². The molecule has 42 heavy (non-hydrogen) atoms. The summed E-state index contributed by atoms with van der Waals surface area (Å²) >= 11 is 0. The van der Waals surface area contributed by atoms with Crippen molar-refractivity contribution >= 4 is 39.6 Å². The van der Waals surface area contributed by atoms with Crippen LogP contribution in [0, 0.1) is 0 Å². The molecule has 0 radical (unpaired) electrons. The Morgan fingerprint density at radius 2 is 1.62 bits per heavy atom. The molecule has 1 aliphatic rings. The number of pyridine rings is 1. The second-order valence-corrected chi connectivity index (χ2v) is 9.54. The third-order valence-corrected chi connectivity index (χ3v) is 6.57. The molecular formula is C23H18F6N6O6S. The molecule has 0 atom stereocenters. The van der Waals surface area contributed by atoms with Crippen LogP contribution in [0.3, 0.4) is 0 Å². The number of nitrogens with one attached hydrogen (secondary N) is 2. The van der Waals surface area contributed by atoms with Crippen LogP contribution in [0.2, 0.25) is 0 Å². The molecule has 2 heterocycles. The first kappa shape index (κ1) is 31.6. The van der Waals surface area contributed by atoms with E-state index in [1.165, 1.54) is 61.8 Å². The van der Waals surface area contributed by atoms with Crippen molar-refractivity contribution in [2.75, 3.05) is 12.5 Å². The molecule has 3 N–H and O–H groups in total. The van der Waals surface area contributed by atoms with Gasteiger partial charge in [-0.25, -0.2) is 18.2 Å². The van der Waals surface area contributed by atoms with E-state index in [-0.39, 0.29) is 33.7 Å². The zero-order chi connectivity index (χ0) is 31.3. The van der Waals surface area contributed by atoms with Crippen LogP contribution in [0.5, 0.6) is 11.5 Å². The molecule has 0 spiro atoms. The minimum atomic E-state index is -5.31.